The van der Waals surface area contributed by atoms with Gasteiger partial charge in [0.25, 0.3) is 0 Å². The normalized spacial score (nSPS) is 19.6. The van der Waals surface area contributed by atoms with Crippen LogP contribution in [0, 0.1) is 0 Å². The molecule has 0 spiro atoms. The number of cyclic esters (lactones) is 1. The van der Waals surface area contributed by atoms with Gasteiger partial charge in [0.1, 0.15) is 6.10 Å². The number of carbonyl (C=O) groups excluding carboxylic acids is 1. The predicted octanol–water partition coefficient (Wildman–Crippen LogP) is 4.78. The molecule has 1 fully saturated rings. The summed E-state index contributed by atoms with van der Waals surface area (Å²) in [5, 5.41) is 0. The Bertz CT molecular complexity index is 245. The molecule has 1 atom stereocenters. The summed E-state index contributed by atoms with van der Waals surface area (Å²) in [6, 6.07) is 0. The summed E-state index contributed by atoms with van der Waals surface area (Å²) in [5.41, 5.74) is 0. The molecular formula is C16H28O2. The molecule has 1 saturated heterocycles. The number of ether oxygens (including phenoxy) is 1. The summed E-state index contributed by atoms with van der Waals surface area (Å²) in [5.74, 6) is -0.00743. The van der Waals surface area contributed by atoms with E-state index in [9.17, 15) is 4.79 Å². The largest absolute Gasteiger partial charge is 0.462 e. The van der Waals surface area contributed by atoms with E-state index in [-0.39, 0.29) is 12.1 Å². The molecular weight excluding hydrogens is 224 g/mol. The Labute approximate surface area is 112 Å². The van der Waals surface area contributed by atoms with Crippen LogP contribution in [0.2, 0.25) is 0 Å². The van der Waals surface area contributed by atoms with Crippen LogP contribution in [-0.2, 0) is 9.53 Å². The smallest absolute Gasteiger partial charge is 0.306 e. The fraction of sp³-hybridized carbons (Fsp3) is 0.812. The zero-order chi connectivity index (χ0) is 13.1. The zero-order valence-corrected chi connectivity index (χ0v) is 11.8. The summed E-state index contributed by atoms with van der Waals surface area (Å²) in [7, 11) is 0. The quantitative estimate of drug-likeness (QED) is 0.318. The van der Waals surface area contributed by atoms with Crippen LogP contribution in [0.1, 0.15) is 77.6 Å². The molecule has 1 rings (SSSR count). The van der Waals surface area contributed by atoms with E-state index in [2.05, 4.69) is 19.1 Å². The summed E-state index contributed by atoms with van der Waals surface area (Å²) in [6.07, 6.45) is 17.7. The number of esters is 1. The lowest BCUT2D eigenvalue weighted by atomic mass is 10.1. The van der Waals surface area contributed by atoms with Crippen LogP contribution in [0.3, 0.4) is 0 Å². The number of allylic oxidation sites excluding steroid dienone is 2. The van der Waals surface area contributed by atoms with Crippen LogP contribution in [-0.4, -0.2) is 12.1 Å². The van der Waals surface area contributed by atoms with Gasteiger partial charge in [0, 0.05) is 6.42 Å². The first-order chi connectivity index (χ1) is 8.83. The zero-order valence-electron chi connectivity index (χ0n) is 11.8. The minimum absolute atomic E-state index is 0.00743. The van der Waals surface area contributed by atoms with Gasteiger partial charge in [0.05, 0.1) is 0 Å². The lowest BCUT2D eigenvalue weighted by Gasteiger charge is -2.07. The third-order valence-corrected chi connectivity index (χ3v) is 3.51. The van der Waals surface area contributed by atoms with Crippen molar-refractivity contribution in [2.75, 3.05) is 0 Å². The molecule has 0 aliphatic carbocycles. The fourth-order valence-corrected chi connectivity index (χ4v) is 2.34. The molecule has 0 N–H and O–H groups in total. The Morgan fingerprint density at radius 1 is 1.11 bits per heavy atom. The number of unbranched alkanes of at least 4 members (excludes halogenated alkanes) is 6. The lowest BCUT2D eigenvalue weighted by molar-refractivity contribution is -0.141. The first-order valence-corrected chi connectivity index (χ1v) is 7.67. The predicted molar refractivity (Wildman–Crippen MR) is 75.5 cm³/mol. The molecule has 0 unspecified atom stereocenters. The molecule has 2 heteroatoms. The minimum Gasteiger partial charge on any atom is -0.462 e. The monoisotopic (exact) mass is 252 g/mol. The Morgan fingerprint density at radius 3 is 2.44 bits per heavy atom. The van der Waals surface area contributed by atoms with Crippen LogP contribution >= 0.6 is 0 Å². The van der Waals surface area contributed by atoms with Gasteiger partial charge in [0.15, 0.2) is 0 Å². The van der Waals surface area contributed by atoms with Crippen molar-refractivity contribution in [3.63, 3.8) is 0 Å². The van der Waals surface area contributed by atoms with Gasteiger partial charge in [-0.3, -0.25) is 4.79 Å². The van der Waals surface area contributed by atoms with Crippen LogP contribution in [0.4, 0.5) is 0 Å². The van der Waals surface area contributed by atoms with E-state index in [1.807, 2.05) is 0 Å². The van der Waals surface area contributed by atoms with Gasteiger partial charge in [-0.1, -0.05) is 38.3 Å². The molecule has 0 aromatic carbocycles. The molecule has 0 aromatic heterocycles. The van der Waals surface area contributed by atoms with E-state index in [0.29, 0.717) is 6.42 Å². The Kier molecular flexibility index (Phi) is 8.62. The second kappa shape index (κ2) is 10.2. The van der Waals surface area contributed by atoms with Crippen molar-refractivity contribution in [1.82, 2.24) is 0 Å². The summed E-state index contributed by atoms with van der Waals surface area (Å²) in [4.78, 5) is 10.9. The van der Waals surface area contributed by atoms with Gasteiger partial charge in [-0.2, -0.15) is 0 Å². The summed E-state index contributed by atoms with van der Waals surface area (Å²) < 4.78 is 5.19. The van der Waals surface area contributed by atoms with E-state index in [0.717, 1.165) is 12.8 Å². The van der Waals surface area contributed by atoms with Gasteiger partial charge >= 0.3 is 5.97 Å². The van der Waals surface area contributed by atoms with Crippen molar-refractivity contribution in [1.29, 1.82) is 0 Å². The lowest BCUT2D eigenvalue weighted by Crippen LogP contribution is -2.05. The standard InChI is InChI=1S/C16H28O2/c1-2-3-4-5-6-7-8-9-10-11-12-15-13-14-16(17)18-15/h7-8,15H,2-6,9-14H2,1H3/b8-7-/t15-/m1/s1. The molecule has 0 amide bonds. The van der Waals surface area contributed by atoms with Crippen molar-refractivity contribution < 1.29 is 9.53 Å². The van der Waals surface area contributed by atoms with Crippen molar-refractivity contribution in [3.05, 3.63) is 12.2 Å². The molecule has 2 nitrogen and oxygen atoms in total. The van der Waals surface area contributed by atoms with Crippen molar-refractivity contribution >= 4 is 5.97 Å². The van der Waals surface area contributed by atoms with Crippen LogP contribution < -0.4 is 0 Å². The summed E-state index contributed by atoms with van der Waals surface area (Å²) in [6.45, 7) is 2.25. The molecule has 0 bridgehead atoms. The highest BCUT2D eigenvalue weighted by molar-refractivity contribution is 5.71. The maximum atomic E-state index is 10.9. The maximum Gasteiger partial charge on any atom is 0.306 e. The average molecular weight is 252 g/mol. The Balaban J connectivity index is 1.83. The number of hydrogen-bond donors (Lipinski definition) is 0. The molecule has 1 aliphatic heterocycles. The highest BCUT2D eigenvalue weighted by Gasteiger charge is 2.22. The first kappa shape index (κ1) is 15.3. The second-order valence-electron chi connectivity index (χ2n) is 5.26. The molecule has 0 radical (unpaired) electrons. The molecule has 18 heavy (non-hydrogen) atoms. The molecule has 1 aliphatic rings. The van der Waals surface area contributed by atoms with Crippen LogP contribution in [0.25, 0.3) is 0 Å². The van der Waals surface area contributed by atoms with E-state index in [4.69, 9.17) is 4.74 Å². The third-order valence-electron chi connectivity index (χ3n) is 3.51. The van der Waals surface area contributed by atoms with Crippen molar-refractivity contribution in [3.8, 4) is 0 Å². The van der Waals surface area contributed by atoms with Crippen molar-refractivity contribution in [2.24, 2.45) is 0 Å². The van der Waals surface area contributed by atoms with Gasteiger partial charge in [-0.15, -0.1) is 0 Å². The van der Waals surface area contributed by atoms with Gasteiger partial charge < -0.3 is 4.74 Å². The molecule has 0 aromatic rings. The van der Waals surface area contributed by atoms with E-state index < -0.39 is 0 Å². The van der Waals surface area contributed by atoms with Crippen molar-refractivity contribution in [2.45, 2.75) is 83.7 Å². The molecule has 0 saturated carbocycles. The van der Waals surface area contributed by atoms with E-state index in [1.165, 1.54) is 51.4 Å². The minimum atomic E-state index is -0.00743. The van der Waals surface area contributed by atoms with Gasteiger partial charge in [-0.25, -0.2) is 0 Å². The summed E-state index contributed by atoms with van der Waals surface area (Å²) >= 11 is 0. The first-order valence-electron chi connectivity index (χ1n) is 7.67. The fourth-order valence-electron chi connectivity index (χ4n) is 2.34. The highest BCUT2D eigenvalue weighted by atomic mass is 16.5. The Morgan fingerprint density at radius 2 is 1.83 bits per heavy atom. The average Bonchev–Trinajstić information content (AvgIpc) is 2.77. The topological polar surface area (TPSA) is 26.3 Å². The van der Waals surface area contributed by atoms with Gasteiger partial charge in [-0.05, 0) is 44.9 Å². The number of hydrogen-bond acceptors (Lipinski definition) is 2. The SMILES string of the molecule is CCCCCC/C=C\CCCC[C@@H]1CCC(=O)O1. The van der Waals surface area contributed by atoms with E-state index in [1.54, 1.807) is 0 Å². The molecule has 1 heterocycles. The molecule has 104 valence electrons. The number of rotatable bonds is 10. The maximum absolute atomic E-state index is 10.9. The second-order valence-corrected chi connectivity index (χ2v) is 5.26. The Hall–Kier alpha value is -0.790. The van der Waals surface area contributed by atoms with Crippen LogP contribution in [0.5, 0.6) is 0 Å². The number of carbonyl (C=O) groups is 1. The highest BCUT2D eigenvalue weighted by Crippen LogP contribution is 2.19. The third kappa shape index (κ3) is 7.52. The van der Waals surface area contributed by atoms with E-state index >= 15 is 0 Å². The van der Waals surface area contributed by atoms with Gasteiger partial charge in [0.2, 0.25) is 0 Å². The van der Waals surface area contributed by atoms with Crippen LogP contribution in [0.15, 0.2) is 12.2 Å².